The number of nitrogens with one attached hydrogen (secondary N) is 2. The molecule has 0 radical (unpaired) electrons. The topological polar surface area (TPSA) is 67.4 Å². The van der Waals surface area contributed by atoms with E-state index in [-0.39, 0.29) is 23.6 Å². The molecule has 1 heterocycles. The van der Waals surface area contributed by atoms with Crippen molar-refractivity contribution in [1.82, 2.24) is 10.0 Å². The molecular formula is C13H18ClFN2O3S. The van der Waals surface area contributed by atoms with Gasteiger partial charge in [-0.05, 0) is 17.7 Å². The smallest absolute Gasteiger partial charge is 0.208 e. The fourth-order valence-corrected chi connectivity index (χ4v) is 2.99. The van der Waals surface area contributed by atoms with Crippen LogP contribution in [0.4, 0.5) is 4.39 Å². The third kappa shape index (κ3) is 4.89. The summed E-state index contributed by atoms with van der Waals surface area (Å²) < 4.78 is 44.1. The van der Waals surface area contributed by atoms with Crippen LogP contribution in [-0.2, 0) is 14.8 Å². The number of ether oxygens (including phenoxy) is 1. The van der Waals surface area contributed by atoms with E-state index in [4.69, 9.17) is 16.3 Å². The molecule has 0 spiro atoms. The Morgan fingerprint density at radius 3 is 2.95 bits per heavy atom. The van der Waals surface area contributed by atoms with Gasteiger partial charge >= 0.3 is 0 Å². The van der Waals surface area contributed by atoms with Crippen LogP contribution in [0.3, 0.4) is 0 Å². The van der Waals surface area contributed by atoms with Gasteiger partial charge in [0.2, 0.25) is 10.0 Å². The van der Waals surface area contributed by atoms with Gasteiger partial charge in [-0.25, -0.2) is 17.5 Å². The molecule has 8 heteroatoms. The highest BCUT2D eigenvalue weighted by Crippen LogP contribution is 2.29. The van der Waals surface area contributed by atoms with Crippen molar-refractivity contribution in [3.05, 3.63) is 34.6 Å². The average Bonchev–Trinajstić information content (AvgIpc) is 2.64. The molecule has 1 aliphatic heterocycles. The molecule has 0 aromatic heterocycles. The minimum atomic E-state index is -3.28. The predicted octanol–water partition coefficient (Wildman–Crippen LogP) is 1.31. The van der Waals surface area contributed by atoms with Crippen molar-refractivity contribution in [2.24, 2.45) is 5.92 Å². The maximum Gasteiger partial charge on any atom is 0.208 e. The van der Waals surface area contributed by atoms with E-state index < -0.39 is 15.8 Å². The Hall–Kier alpha value is -0.730. The molecule has 1 aromatic rings. The van der Waals surface area contributed by atoms with Crippen molar-refractivity contribution in [1.29, 1.82) is 0 Å². The Labute approximate surface area is 128 Å². The van der Waals surface area contributed by atoms with Crippen molar-refractivity contribution in [2.75, 3.05) is 32.5 Å². The number of benzene rings is 1. The van der Waals surface area contributed by atoms with Crippen LogP contribution in [0, 0.1) is 11.7 Å². The first kappa shape index (κ1) is 16.6. The maximum atomic E-state index is 13.3. The lowest BCUT2D eigenvalue weighted by Gasteiger charge is -2.25. The zero-order chi connectivity index (χ0) is 15.5. The molecule has 2 N–H and O–H groups in total. The normalized spacial score (nSPS) is 23.8. The molecule has 2 atom stereocenters. The van der Waals surface area contributed by atoms with Crippen LogP contribution >= 0.6 is 11.6 Å². The van der Waals surface area contributed by atoms with Crippen molar-refractivity contribution in [2.45, 2.75) is 6.10 Å². The summed E-state index contributed by atoms with van der Waals surface area (Å²) in [4.78, 5) is 0. The molecule has 2 rings (SSSR count). The summed E-state index contributed by atoms with van der Waals surface area (Å²) in [5, 5.41) is 3.22. The number of hydrogen-bond acceptors (Lipinski definition) is 4. The van der Waals surface area contributed by atoms with Gasteiger partial charge in [0, 0.05) is 25.6 Å². The highest BCUT2D eigenvalue weighted by atomic mass is 35.5. The largest absolute Gasteiger partial charge is 0.372 e. The van der Waals surface area contributed by atoms with Crippen LogP contribution in [0.2, 0.25) is 5.02 Å². The van der Waals surface area contributed by atoms with Crippen molar-refractivity contribution in [3.63, 3.8) is 0 Å². The van der Waals surface area contributed by atoms with Gasteiger partial charge in [0.25, 0.3) is 0 Å². The first-order chi connectivity index (χ1) is 9.87. The summed E-state index contributed by atoms with van der Waals surface area (Å²) in [7, 11) is -3.28. The van der Waals surface area contributed by atoms with Crippen LogP contribution in [0.25, 0.3) is 0 Å². The Kier molecular flexibility index (Phi) is 5.56. The molecule has 21 heavy (non-hydrogen) atoms. The van der Waals surface area contributed by atoms with E-state index in [9.17, 15) is 12.8 Å². The van der Waals surface area contributed by atoms with Gasteiger partial charge in [0.15, 0.2) is 0 Å². The van der Waals surface area contributed by atoms with Crippen molar-refractivity contribution in [3.8, 4) is 0 Å². The second-order valence-corrected chi connectivity index (χ2v) is 7.29. The van der Waals surface area contributed by atoms with Crippen LogP contribution in [0.5, 0.6) is 0 Å². The van der Waals surface area contributed by atoms with Crippen LogP contribution < -0.4 is 10.0 Å². The minimum absolute atomic E-state index is 0.0307. The molecule has 118 valence electrons. The fourth-order valence-electron chi connectivity index (χ4n) is 2.28. The first-order valence-electron chi connectivity index (χ1n) is 6.59. The third-order valence-electron chi connectivity index (χ3n) is 3.29. The molecule has 0 amide bonds. The monoisotopic (exact) mass is 336 g/mol. The van der Waals surface area contributed by atoms with Gasteiger partial charge in [-0.2, -0.15) is 0 Å². The van der Waals surface area contributed by atoms with Crippen LogP contribution in [0.1, 0.15) is 11.7 Å². The highest BCUT2D eigenvalue weighted by Gasteiger charge is 2.27. The standard InChI is InChI=1S/C13H18ClFN2O3S/c1-21(18,19)17-8-10-7-16-4-5-20-13(10)9-2-3-12(15)11(14)6-9/h2-3,6,10,13,16-17H,4-5,7-8H2,1H3/t10-,13-/m0/s1. The van der Waals surface area contributed by atoms with E-state index in [0.717, 1.165) is 11.8 Å². The molecule has 0 bridgehead atoms. The lowest BCUT2D eigenvalue weighted by molar-refractivity contribution is 0.0322. The zero-order valence-electron chi connectivity index (χ0n) is 11.6. The second-order valence-electron chi connectivity index (χ2n) is 5.05. The molecular weight excluding hydrogens is 319 g/mol. The Morgan fingerprint density at radius 1 is 1.52 bits per heavy atom. The summed E-state index contributed by atoms with van der Waals surface area (Å²) in [6.07, 6.45) is 0.772. The van der Waals surface area contributed by atoms with Crippen molar-refractivity contribution < 1.29 is 17.5 Å². The summed E-state index contributed by atoms with van der Waals surface area (Å²) >= 11 is 5.81. The minimum Gasteiger partial charge on any atom is -0.372 e. The van der Waals surface area contributed by atoms with Gasteiger partial charge in [-0.1, -0.05) is 17.7 Å². The van der Waals surface area contributed by atoms with E-state index in [0.29, 0.717) is 19.7 Å². The SMILES string of the molecule is CS(=O)(=O)NC[C@@H]1CNCCO[C@H]1c1ccc(F)c(Cl)c1. The molecule has 1 saturated heterocycles. The summed E-state index contributed by atoms with van der Waals surface area (Å²) in [6.45, 7) is 2.02. The molecule has 1 fully saturated rings. The summed E-state index contributed by atoms with van der Waals surface area (Å²) in [5.74, 6) is -0.596. The predicted molar refractivity (Wildman–Crippen MR) is 79.3 cm³/mol. The van der Waals surface area contributed by atoms with Gasteiger partial charge in [-0.3, -0.25) is 0 Å². The molecule has 0 saturated carbocycles. The lowest BCUT2D eigenvalue weighted by Crippen LogP contribution is -2.36. The Bertz CT molecular complexity index is 597. The first-order valence-corrected chi connectivity index (χ1v) is 8.85. The van der Waals surface area contributed by atoms with E-state index >= 15 is 0 Å². The van der Waals surface area contributed by atoms with Crippen molar-refractivity contribution >= 4 is 21.6 Å². The zero-order valence-corrected chi connectivity index (χ0v) is 13.2. The van der Waals surface area contributed by atoms with E-state index in [1.807, 2.05) is 0 Å². The van der Waals surface area contributed by atoms with Gasteiger partial charge in [-0.15, -0.1) is 0 Å². The van der Waals surface area contributed by atoms with Crippen LogP contribution in [0.15, 0.2) is 18.2 Å². The molecule has 1 aromatic carbocycles. The van der Waals surface area contributed by atoms with Gasteiger partial charge in [0.1, 0.15) is 5.82 Å². The Balaban J connectivity index is 2.20. The highest BCUT2D eigenvalue weighted by molar-refractivity contribution is 7.88. The van der Waals surface area contributed by atoms with E-state index in [2.05, 4.69) is 10.0 Å². The van der Waals surface area contributed by atoms with E-state index in [1.54, 1.807) is 6.07 Å². The fraction of sp³-hybridized carbons (Fsp3) is 0.538. The number of rotatable bonds is 4. The molecule has 0 unspecified atom stereocenters. The number of halogens is 2. The number of sulfonamides is 1. The van der Waals surface area contributed by atoms with E-state index in [1.165, 1.54) is 12.1 Å². The molecule has 1 aliphatic rings. The Morgan fingerprint density at radius 2 is 2.29 bits per heavy atom. The summed E-state index contributed by atoms with van der Waals surface area (Å²) in [6, 6.07) is 4.44. The molecule has 5 nitrogen and oxygen atoms in total. The third-order valence-corrected chi connectivity index (χ3v) is 4.27. The molecule has 0 aliphatic carbocycles. The second kappa shape index (κ2) is 7.02. The average molecular weight is 337 g/mol. The van der Waals surface area contributed by atoms with Gasteiger partial charge < -0.3 is 10.1 Å². The number of hydrogen-bond donors (Lipinski definition) is 2. The quantitative estimate of drug-likeness (QED) is 0.870. The van der Waals surface area contributed by atoms with Crippen LogP contribution in [-0.4, -0.2) is 40.9 Å². The summed E-state index contributed by atoms with van der Waals surface area (Å²) in [5.41, 5.74) is 0.741. The lowest BCUT2D eigenvalue weighted by atomic mass is 9.95. The van der Waals surface area contributed by atoms with Gasteiger partial charge in [0.05, 0.1) is 24.0 Å². The maximum absolute atomic E-state index is 13.3.